The van der Waals surface area contributed by atoms with Gasteiger partial charge >= 0.3 is 5.97 Å². The van der Waals surface area contributed by atoms with Gasteiger partial charge in [-0.05, 0) is 60.7 Å². The van der Waals surface area contributed by atoms with Crippen LogP contribution in [-0.4, -0.2) is 43.7 Å². The predicted molar refractivity (Wildman–Crippen MR) is 107 cm³/mol. The van der Waals surface area contributed by atoms with E-state index in [9.17, 15) is 9.59 Å². The molecule has 1 aromatic heterocycles. The normalized spacial score (nSPS) is 22.0. The lowest BCUT2D eigenvalue weighted by Crippen LogP contribution is -2.25. The molecule has 0 radical (unpaired) electrons. The van der Waals surface area contributed by atoms with Crippen molar-refractivity contribution >= 4 is 39.6 Å². The molecule has 3 heterocycles. The fourth-order valence-electron chi connectivity index (χ4n) is 3.81. The number of nitrogens with one attached hydrogen (secondary N) is 1. The lowest BCUT2D eigenvalue weighted by Gasteiger charge is -2.24. The monoisotopic (exact) mass is 388 g/mol. The van der Waals surface area contributed by atoms with Crippen molar-refractivity contribution < 1.29 is 19.4 Å². The Hall–Kier alpha value is -2.38. The van der Waals surface area contributed by atoms with Crippen LogP contribution in [0.5, 0.6) is 0 Å². The summed E-state index contributed by atoms with van der Waals surface area (Å²) < 4.78 is 5.37. The third-order valence-corrected chi connectivity index (χ3v) is 6.12. The summed E-state index contributed by atoms with van der Waals surface area (Å²) in [7, 11) is 0. The number of ether oxygens (including phenoxy) is 1. The molecule has 2 atom stereocenters. The van der Waals surface area contributed by atoms with Gasteiger partial charge in [0.1, 0.15) is 6.26 Å². The standard InChI is InChI=1S/C16H20N2S.C4H4O4/c1-2-12-6-9-19-16(12)15(3-1)18-7-4-13-10-17-11-14(13)5-8-18;5-3-8-2-1-4(6)7/h1-3,6,9,13-14,17H,4-5,7-8,10-11H2;1-3H,(H,6,7)/b;2-1-. The van der Waals surface area contributed by atoms with Crippen molar-refractivity contribution in [2.24, 2.45) is 11.8 Å². The van der Waals surface area contributed by atoms with E-state index in [-0.39, 0.29) is 6.47 Å². The smallest absolute Gasteiger partial charge is 0.331 e. The Kier molecular flexibility index (Phi) is 6.84. The molecule has 2 fully saturated rings. The van der Waals surface area contributed by atoms with Crippen LogP contribution >= 0.6 is 11.3 Å². The van der Waals surface area contributed by atoms with E-state index in [4.69, 9.17) is 5.11 Å². The maximum atomic E-state index is 9.59. The highest BCUT2D eigenvalue weighted by Gasteiger charge is 2.30. The van der Waals surface area contributed by atoms with Crippen molar-refractivity contribution in [1.29, 1.82) is 0 Å². The number of anilines is 1. The minimum atomic E-state index is -1.15. The number of carbonyl (C=O) groups excluding carboxylic acids is 1. The Morgan fingerprint density at radius 3 is 2.63 bits per heavy atom. The van der Waals surface area contributed by atoms with Gasteiger partial charge in [0.05, 0.1) is 16.5 Å². The van der Waals surface area contributed by atoms with Crippen molar-refractivity contribution in [1.82, 2.24) is 5.32 Å². The van der Waals surface area contributed by atoms with Crippen molar-refractivity contribution in [3.05, 3.63) is 42.0 Å². The van der Waals surface area contributed by atoms with Crippen LogP contribution in [0.3, 0.4) is 0 Å². The van der Waals surface area contributed by atoms with Gasteiger partial charge in [-0.15, -0.1) is 11.3 Å². The number of aliphatic carboxylic acids is 1. The molecule has 7 heteroatoms. The van der Waals surface area contributed by atoms with E-state index in [0.717, 1.165) is 18.1 Å². The SMILES string of the molecule is O=CO/C=C\C(=O)O.c1cc(N2CCC3CNCC3CC2)c2sccc2c1. The summed E-state index contributed by atoms with van der Waals surface area (Å²) in [6.45, 7) is 5.06. The number of carboxylic acid groups (broad SMARTS) is 1. The molecule has 4 rings (SSSR count). The van der Waals surface area contributed by atoms with Gasteiger partial charge in [-0.25, -0.2) is 4.79 Å². The van der Waals surface area contributed by atoms with Gasteiger partial charge in [0.15, 0.2) is 0 Å². The summed E-state index contributed by atoms with van der Waals surface area (Å²) in [5, 5.41) is 15.0. The molecule has 0 saturated carbocycles. The van der Waals surface area contributed by atoms with E-state index in [1.54, 1.807) is 0 Å². The molecule has 27 heavy (non-hydrogen) atoms. The number of nitrogens with zero attached hydrogens (tertiary/aromatic N) is 1. The number of rotatable bonds is 4. The second-order valence-electron chi connectivity index (χ2n) is 6.73. The average Bonchev–Trinajstić information content (AvgIpc) is 3.28. The van der Waals surface area contributed by atoms with Gasteiger partial charge in [-0.3, -0.25) is 4.79 Å². The van der Waals surface area contributed by atoms with Gasteiger partial charge in [-0.1, -0.05) is 12.1 Å². The minimum Gasteiger partial charge on any atom is -0.478 e. The molecule has 2 aliphatic heterocycles. The topological polar surface area (TPSA) is 78.9 Å². The summed E-state index contributed by atoms with van der Waals surface area (Å²) in [6, 6.07) is 8.97. The molecular formula is C20H24N2O4S. The third kappa shape index (κ3) is 5.08. The molecule has 6 nitrogen and oxygen atoms in total. The molecule has 2 unspecified atom stereocenters. The molecule has 2 N–H and O–H groups in total. The predicted octanol–water partition coefficient (Wildman–Crippen LogP) is 3.09. The van der Waals surface area contributed by atoms with Crippen LogP contribution in [0.2, 0.25) is 0 Å². The molecule has 2 saturated heterocycles. The minimum absolute atomic E-state index is 0.138. The number of fused-ring (bicyclic) bond motifs is 2. The van der Waals surface area contributed by atoms with Gasteiger partial charge < -0.3 is 20.1 Å². The second kappa shape index (κ2) is 9.53. The van der Waals surface area contributed by atoms with Crippen molar-refractivity contribution in [2.45, 2.75) is 12.8 Å². The average molecular weight is 388 g/mol. The maximum absolute atomic E-state index is 9.59. The molecule has 1 aromatic carbocycles. The van der Waals surface area contributed by atoms with Crippen molar-refractivity contribution in [3.8, 4) is 0 Å². The van der Waals surface area contributed by atoms with E-state index < -0.39 is 5.97 Å². The van der Waals surface area contributed by atoms with Crippen LogP contribution in [0, 0.1) is 11.8 Å². The first-order chi connectivity index (χ1) is 13.2. The number of carboxylic acids is 1. The highest BCUT2D eigenvalue weighted by Crippen LogP contribution is 2.35. The van der Waals surface area contributed by atoms with Crippen LogP contribution in [-0.2, 0) is 14.3 Å². The highest BCUT2D eigenvalue weighted by atomic mass is 32.1. The summed E-state index contributed by atoms with van der Waals surface area (Å²) in [4.78, 5) is 21.5. The molecule has 0 amide bonds. The van der Waals surface area contributed by atoms with Crippen molar-refractivity contribution in [2.75, 3.05) is 31.1 Å². The van der Waals surface area contributed by atoms with E-state index >= 15 is 0 Å². The number of carbonyl (C=O) groups is 2. The second-order valence-corrected chi connectivity index (χ2v) is 7.65. The summed E-state index contributed by atoms with van der Waals surface area (Å²) >= 11 is 1.88. The number of hydrogen-bond donors (Lipinski definition) is 2. The maximum Gasteiger partial charge on any atom is 0.331 e. The van der Waals surface area contributed by atoms with E-state index in [1.807, 2.05) is 11.3 Å². The van der Waals surface area contributed by atoms with Crippen molar-refractivity contribution in [3.63, 3.8) is 0 Å². The summed E-state index contributed by atoms with van der Waals surface area (Å²) in [6.07, 6.45) is 4.20. The Labute approximate surface area is 162 Å². The number of thiophene rings is 1. The van der Waals surface area contributed by atoms with Gasteiger partial charge in [0.25, 0.3) is 6.47 Å². The fourth-order valence-corrected chi connectivity index (χ4v) is 4.76. The zero-order valence-electron chi connectivity index (χ0n) is 15.0. The van der Waals surface area contributed by atoms with Crippen LogP contribution in [0.15, 0.2) is 42.0 Å². The summed E-state index contributed by atoms with van der Waals surface area (Å²) in [5.41, 5.74) is 1.46. The molecule has 0 bridgehead atoms. The van der Waals surface area contributed by atoms with Gasteiger partial charge in [0, 0.05) is 13.1 Å². The number of benzene rings is 1. The zero-order valence-corrected chi connectivity index (χ0v) is 15.9. The van der Waals surface area contributed by atoms with E-state index in [0.29, 0.717) is 6.08 Å². The van der Waals surface area contributed by atoms with Crippen LogP contribution < -0.4 is 10.2 Å². The van der Waals surface area contributed by atoms with Gasteiger partial charge in [-0.2, -0.15) is 0 Å². The van der Waals surface area contributed by atoms with Crippen LogP contribution in [0.4, 0.5) is 5.69 Å². The Bertz CT molecular complexity index is 790. The zero-order chi connectivity index (χ0) is 19.1. The van der Waals surface area contributed by atoms with Gasteiger partial charge in [0.2, 0.25) is 0 Å². The quantitative estimate of drug-likeness (QED) is 0.476. The highest BCUT2D eigenvalue weighted by molar-refractivity contribution is 7.17. The van der Waals surface area contributed by atoms with E-state index in [2.05, 4.69) is 44.6 Å². The largest absolute Gasteiger partial charge is 0.478 e. The lowest BCUT2D eigenvalue weighted by molar-refractivity contribution is -0.131. The first kappa shape index (κ1) is 19.4. The Morgan fingerprint density at radius 1 is 1.22 bits per heavy atom. The molecule has 144 valence electrons. The Balaban J connectivity index is 0.000000226. The number of hydrogen-bond acceptors (Lipinski definition) is 6. The lowest BCUT2D eigenvalue weighted by atomic mass is 9.92. The first-order valence-electron chi connectivity index (χ1n) is 9.09. The molecular weight excluding hydrogens is 364 g/mol. The first-order valence-corrected chi connectivity index (χ1v) is 9.97. The summed E-state index contributed by atoms with van der Waals surface area (Å²) in [5.74, 6) is 0.673. The Morgan fingerprint density at radius 2 is 1.96 bits per heavy atom. The molecule has 0 aliphatic carbocycles. The van der Waals surface area contributed by atoms with Crippen LogP contribution in [0.1, 0.15) is 12.8 Å². The third-order valence-electron chi connectivity index (χ3n) is 5.16. The van der Waals surface area contributed by atoms with Crippen LogP contribution in [0.25, 0.3) is 10.1 Å². The van der Waals surface area contributed by atoms with E-state index in [1.165, 1.54) is 54.8 Å². The molecule has 2 aromatic rings. The fraction of sp³-hybridized carbons (Fsp3) is 0.400. The molecule has 2 aliphatic rings. The molecule has 0 spiro atoms.